The Morgan fingerprint density at radius 3 is 2.55 bits per heavy atom. The first-order chi connectivity index (χ1) is 14.7. The molecule has 8 heteroatoms. The van der Waals surface area contributed by atoms with Gasteiger partial charge in [0, 0.05) is 22.9 Å². The number of esters is 2. The fourth-order valence-corrected chi connectivity index (χ4v) is 4.38. The lowest BCUT2D eigenvalue weighted by molar-refractivity contribution is -0.151. The molecule has 2 aliphatic rings. The van der Waals surface area contributed by atoms with Gasteiger partial charge in [-0.05, 0) is 43.9 Å². The molecule has 3 rings (SSSR count). The summed E-state index contributed by atoms with van der Waals surface area (Å²) in [6, 6.07) is 4.72. The zero-order chi connectivity index (χ0) is 22.9. The summed E-state index contributed by atoms with van der Waals surface area (Å²) >= 11 is 0. The number of Topliss-reactive ketones (excluding diaryl/α,β-unsaturated/α-hetero) is 1. The van der Waals surface area contributed by atoms with Crippen LogP contribution < -0.4 is 10.1 Å². The van der Waals surface area contributed by atoms with E-state index in [0.29, 0.717) is 29.0 Å². The van der Waals surface area contributed by atoms with Gasteiger partial charge in [-0.1, -0.05) is 13.0 Å². The third-order valence-corrected chi connectivity index (χ3v) is 5.77. The highest BCUT2D eigenvalue weighted by molar-refractivity contribution is 6.12. The molecule has 0 amide bonds. The Hall–Kier alpha value is -3.29. The number of dihydropyridines is 1. The molecule has 2 N–H and O–H groups in total. The molecule has 1 aliphatic heterocycles. The molecule has 0 radical (unpaired) electrons. The van der Waals surface area contributed by atoms with Crippen molar-refractivity contribution in [1.82, 2.24) is 5.32 Å². The van der Waals surface area contributed by atoms with Crippen molar-refractivity contribution in [2.45, 2.75) is 33.1 Å². The van der Waals surface area contributed by atoms with E-state index in [1.807, 2.05) is 6.92 Å². The summed E-state index contributed by atoms with van der Waals surface area (Å²) in [7, 11) is 2.68. The predicted octanol–water partition coefficient (Wildman–Crippen LogP) is 2.58. The smallest absolute Gasteiger partial charge is 0.336 e. The Morgan fingerprint density at radius 1 is 1.26 bits per heavy atom. The van der Waals surface area contributed by atoms with E-state index in [1.54, 1.807) is 26.0 Å². The zero-order valence-electron chi connectivity index (χ0n) is 18.3. The molecule has 1 aliphatic carbocycles. The highest BCUT2D eigenvalue weighted by atomic mass is 16.5. The van der Waals surface area contributed by atoms with E-state index in [0.717, 1.165) is 0 Å². The lowest BCUT2D eigenvalue weighted by Gasteiger charge is -2.38. The standard InChI is InChI=1S/C23H27NO7/c1-6-31-23(28)18-12(3)24-14-9-11(2)17(22(27)30-5)21(26)20(14)19(18)13-7-8-16(29-4)15(25)10-13/h7-8,10-11,17,19,24-25H,6,9H2,1-5H3/t11-,17-,19-/m0/s1. The number of phenols is 1. The van der Waals surface area contributed by atoms with Gasteiger partial charge in [0.25, 0.3) is 0 Å². The Labute approximate surface area is 180 Å². The highest BCUT2D eigenvalue weighted by Crippen LogP contribution is 2.46. The molecule has 1 aromatic carbocycles. The molecule has 166 valence electrons. The fourth-order valence-electron chi connectivity index (χ4n) is 4.38. The number of hydrogen-bond donors (Lipinski definition) is 2. The van der Waals surface area contributed by atoms with Gasteiger partial charge in [-0.3, -0.25) is 9.59 Å². The van der Waals surface area contributed by atoms with Crippen molar-refractivity contribution < 1.29 is 33.7 Å². The van der Waals surface area contributed by atoms with Crippen LogP contribution in [0.4, 0.5) is 0 Å². The molecule has 0 fully saturated rings. The number of carbonyl (C=O) groups is 3. The maximum Gasteiger partial charge on any atom is 0.336 e. The summed E-state index contributed by atoms with van der Waals surface area (Å²) in [6.45, 7) is 5.43. The number of ketones is 1. The Morgan fingerprint density at radius 2 is 1.97 bits per heavy atom. The van der Waals surface area contributed by atoms with Gasteiger partial charge < -0.3 is 24.6 Å². The van der Waals surface area contributed by atoms with Gasteiger partial charge in [-0.25, -0.2) is 4.79 Å². The van der Waals surface area contributed by atoms with Crippen LogP contribution in [0.2, 0.25) is 0 Å². The topological polar surface area (TPSA) is 111 Å². The molecular weight excluding hydrogens is 402 g/mol. The minimum Gasteiger partial charge on any atom is -0.504 e. The van der Waals surface area contributed by atoms with Crippen LogP contribution in [-0.2, 0) is 23.9 Å². The summed E-state index contributed by atoms with van der Waals surface area (Å²) in [5.41, 5.74) is 2.31. The number of ether oxygens (including phenoxy) is 3. The predicted molar refractivity (Wildman–Crippen MR) is 111 cm³/mol. The zero-order valence-corrected chi connectivity index (χ0v) is 18.3. The van der Waals surface area contributed by atoms with E-state index in [9.17, 15) is 19.5 Å². The second-order valence-corrected chi connectivity index (χ2v) is 7.69. The minimum atomic E-state index is -0.971. The lowest BCUT2D eigenvalue weighted by atomic mass is 9.69. The average Bonchev–Trinajstić information content (AvgIpc) is 2.72. The van der Waals surface area contributed by atoms with Crippen molar-refractivity contribution in [2.75, 3.05) is 20.8 Å². The van der Waals surface area contributed by atoms with E-state index in [4.69, 9.17) is 14.2 Å². The van der Waals surface area contributed by atoms with Crippen molar-refractivity contribution in [1.29, 1.82) is 0 Å². The molecule has 31 heavy (non-hydrogen) atoms. The van der Waals surface area contributed by atoms with Gasteiger partial charge in [-0.15, -0.1) is 0 Å². The van der Waals surface area contributed by atoms with Crippen LogP contribution in [0.5, 0.6) is 11.5 Å². The van der Waals surface area contributed by atoms with Gasteiger partial charge in [0.1, 0.15) is 5.92 Å². The van der Waals surface area contributed by atoms with E-state index >= 15 is 0 Å². The van der Waals surface area contributed by atoms with Crippen LogP contribution in [0.15, 0.2) is 40.7 Å². The van der Waals surface area contributed by atoms with Gasteiger partial charge in [-0.2, -0.15) is 0 Å². The quantitative estimate of drug-likeness (QED) is 0.543. The number of benzene rings is 1. The molecule has 1 heterocycles. The molecule has 8 nitrogen and oxygen atoms in total. The number of carbonyl (C=O) groups excluding carboxylic acids is 3. The number of nitrogens with one attached hydrogen (secondary N) is 1. The highest BCUT2D eigenvalue weighted by Gasteiger charge is 2.47. The van der Waals surface area contributed by atoms with Gasteiger partial charge in [0.2, 0.25) is 0 Å². The number of methoxy groups -OCH3 is 2. The van der Waals surface area contributed by atoms with Gasteiger partial charge >= 0.3 is 11.9 Å². The van der Waals surface area contributed by atoms with E-state index in [2.05, 4.69) is 5.32 Å². The summed E-state index contributed by atoms with van der Waals surface area (Å²) < 4.78 is 15.3. The first-order valence-corrected chi connectivity index (χ1v) is 10.1. The molecule has 3 atom stereocenters. The molecule has 0 aromatic heterocycles. The van der Waals surface area contributed by atoms with E-state index in [1.165, 1.54) is 20.3 Å². The van der Waals surface area contributed by atoms with Gasteiger partial charge in [0.15, 0.2) is 17.3 Å². The summed E-state index contributed by atoms with van der Waals surface area (Å²) in [5, 5.41) is 13.5. The summed E-state index contributed by atoms with van der Waals surface area (Å²) in [5.74, 6) is -3.48. The van der Waals surface area contributed by atoms with E-state index in [-0.39, 0.29) is 29.6 Å². The van der Waals surface area contributed by atoms with Crippen LogP contribution in [0.3, 0.4) is 0 Å². The van der Waals surface area contributed by atoms with E-state index < -0.39 is 29.6 Å². The second kappa shape index (κ2) is 8.83. The van der Waals surface area contributed by atoms with Crippen LogP contribution in [0.1, 0.15) is 38.7 Å². The minimum absolute atomic E-state index is 0.123. The molecule has 0 bridgehead atoms. The third-order valence-electron chi connectivity index (χ3n) is 5.77. The molecule has 0 saturated carbocycles. The number of hydrogen-bond acceptors (Lipinski definition) is 8. The van der Waals surface area contributed by atoms with Crippen molar-refractivity contribution in [3.63, 3.8) is 0 Å². The third kappa shape index (κ3) is 3.89. The van der Waals surface area contributed by atoms with Crippen LogP contribution >= 0.6 is 0 Å². The normalized spacial score (nSPS) is 23.1. The SMILES string of the molecule is CCOC(=O)C1=C(C)NC2=C(C(=O)[C@@H](C(=O)OC)[C@@H](C)C2)[C@H]1c1ccc(OC)c(O)c1. The Kier molecular flexibility index (Phi) is 6.38. The number of rotatable bonds is 5. The Bertz CT molecular complexity index is 992. The van der Waals surface area contributed by atoms with Crippen LogP contribution in [0.25, 0.3) is 0 Å². The van der Waals surface area contributed by atoms with Crippen molar-refractivity contribution in [3.8, 4) is 11.5 Å². The second-order valence-electron chi connectivity index (χ2n) is 7.69. The van der Waals surface area contributed by atoms with Crippen LogP contribution in [-0.4, -0.2) is 43.7 Å². The number of aromatic hydroxyl groups is 1. The Balaban J connectivity index is 2.21. The summed E-state index contributed by atoms with van der Waals surface area (Å²) in [6.07, 6.45) is 0.437. The first-order valence-electron chi connectivity index (χ1n) is 10.1. The largest absolute Gasteiger partial charge is 0.504 e. The number of allylic oxidation sites excluding steroid dienone is 3. The maximum absolute atomic E-state index is 13.5. The maximum atomic E-state index is 13.5. The fraction of sp³-hybridized carbons (Fsp3) is 0.435. The van der Waals surface area contributed by atoms with Crippen molar-refractivity contribution in [2.24, 2.45) is 11.8 Å². The summed E-state index contributed by atoms with van der Waals surface area (Å²) in [4.78, 5) is 38.8. The molecular formula is C23H27NO7. The first kappa shape index (κ1) is 22.4. The lowest BCUT2D eigenvalue weighted by Crippen LogP contribution is -2.43. The molecule has 0 unspecified atom stereocenters. The monoisotopic (exact) mass is 429 g/mol. The molecule has 1 aromatic rings. The van der Waals surface area contributed by atoms with Gasteiger partial charge in [0.05, 0.1) is 26.4 Å². The number of phenolic OH excluding ortho intramolecular Hbond substituents is 1. The van der Waals surface area contributed by atoms with Crippen molar-refractivity contribution in [3.05, 3.63) is 46.3 Å². The van der Waals surface area contributed by atoms with Crippen molar-refractivity contribution >= 4 is 17.7 Å². The van der Waals surface area contributed by atoms with Crippen LogP contribution in [0, 0.1) is 11.8 Å². The average molecular weight is 429 g/mol. The molecule has 0 spiro atoms. The molecule has 0 saturated heterocycles.